The highest BCUT2D eigenvalue weighted by Crippen LogP contribution is 2.37. The van der Waals surface area contributed by atoms with Crippen molar-refractivity contribution in [3.8, 4) is 0 Å². The van der Waals surface area contributed by atoms with Gasteiger partial charge < -0.3 is 10.6 Å². The van der Waals surface area contributed by atoms with Gasteiger partial charge in [0, 0.05) is 12.2 Å². The summed E-state index contributed by atoms with van der Waals surface area (Å²) in [5.41, 5.74) is -3.60. The van der Waals surface area contributed by atoms with E-state index in [-0.39, 0.29) is 24.4 Å². The minimum Gasteiger partial charge on any atom is -0.366 e. The second kappa shape index (κ2) is 8.28. The lowest BCUT2D eigenvalue weighted by atomic mass is 10.1. The highest BCUT2D eigenvalue weighted by atomic mass is 19.4. The van der Waals surface area contributed by atoms with Crippen molar-refractivity contribution in [1.29, 1.82) is 0 Å². The van der Waals surface area contributed by atoms with E-state index in [2.05, 4.69) is 10.6 Å². The largest absolute Gasteiger partial charge is 0.416 e. The number of hydrogen-bond donors (Lipinski definition) is 2. The molecular formula is C15H17F6N3O2. The summed E-state index contributed by atoms with van der Waals surface area (Å²) < 4.78 is 77.0. The predicted molar refractivity (Wildman–Crippen MR) is 82.6 cm³/mol. The molecule has 1 aromatic carbocycles. The average molecular weight is 385 g/mol. The molecule has 0 aliphatic carbocycles. The van der Waals surface area contributed by atoms with Gasteiger partial charge in [0.1, 0.15) is 0 Å². The van der Waals surface area contributed by atoms with Gasteiger partial charge in [0.2, 0.25) is 0 Å². The third kappa shape index (κ3) is 7.19. The normalized spacial score (nSPS) is 13.0. The summed E-state index contributed by atoms with van der Waals surface area (Å²) in [6.07, 6.45) is -8.98. The van der Waals surface area contributed by atoms with Gasteiger partial charge in [-0.1, -0.05) is 13.8 Å². The molecule has 0 atom stereocenters. The lowest BCUT2D eigenvalue weighted by Crippen LogP contribution is -2.23. The van der Waals surface area contributed by atoms with Crippen LogP contribution in [0.1, 0.15) is 31.4 Å². The van der Waals surface area contributed by atoms with Crippen LogP contribution in [0.5, 0.6) is 0 Å². The Hall–Kier alpha value is -2.46. The molecule has 0 spiro atoms. The maximum Gasteiger partial charge on any atom is 0.416 e. The number of anilines is 1. The van der Waals surface area contributed by atoms with E-state index in [9.17, 15) is 36.5 Å². The Morgan fingerprint density at radius 1 is 1.12 bits per heavy atom. The Morgan fingerprint density at radius 2 is 1.62 bits per heavy atom. The standard InChI is InChI=1S/C15H17F6N3O2/c1-9(2)3-4-22-13(8-24(25)26)23-12-6-10(14(16,17)18)5-11(7-12)15(19,20)21/h5-9,22-23H,3-4H2,1-2H3. The molecule has 26 heavy (non-hydrogen) atoms. The third-order valence-electron chi connectivity index (χ3n) is 3.14. The molecule has 0 radical (unpaired) electrons. The zero-order chi connectivity index (χ0) is 20.1. The van der Waals surface area contributed by atoms with E-state index in [1.165, 1.54) is 0 Å². The van der Waals surface area contributed by atoms with E-state index in [0.717, 1.165) is 0 Å². The Kier molecular flexibility index (Phi) is 6.87. The monoisotopic (exact) mass is 385 g/mol. The molecule has 0 saturated heterocycles. The molecule has 1 rings (SSSR count). The molecule has 0 heterocycles. The van der Waals surface area contributed by atoms with Crippen LogP contribution < -0.4 is 10.6 Å². The molecule has 0 bridgehead atoms. The van der Waals surface area contributed by atoms with Crippen LogP contribution in [-0.4, -0.2) is 11.5 Å². The van der Waals surface area contributed by atoms with Crippen molar-refractivity contribution in [2.75, 3.05) is 11.9 Å². The SMILES string of the molecule is CC(C)CCNC(=C[N+](=O)[O-])Nc1cc(C(F)(F)F)cc(C(F)(F)F)c1. The fourth-order valence-corrected chi connectivity index (χ4v) is 1.91. The topological polar surface area (TPSA) is 67.2 Å². The first kappa shape index (κ1) is 21.6. The summed E-state index contributed by atoms with van der Waals surface area (Å²) in [5, 5.41) is 15.4. The van der Waals surface area contributed by atoms with Gasteiger partial charge >= 0.3 is 12.4 Å². The number of rotatable bonds is 7. The summed E-state index contributed by atoms with van der Waals surface area (Å²) in [7, 11) is 0. The van der Waals surface area contributed by atoms with Gasteiger partial charge in [-0.3, -0.25) is 10.1 Å². The number of nitrogens with zero attached hydrogens (tertiary/aromatic N) is 1. The average Bonchev–Trinajstić information content (AvgIpc) is 2.43. The van der Waals surface area contributed by atoms with Crippen LogP contribution in [0, 0.1) is 16.0 Å². The molecule has 0 unspecified atom stereocenters. The zero-order valence-corrected chi connectivity index (χ0v) is 13.8. The minimum absolute atomic E-state index is 0.0196. The summed E-state index contributed by atoms with van der Waals surface area (Å²) in [4.78, 5) is 9.77. The summed E-state index contributed by atoms with van der Waals surface area (Å²) in [6.45, 7) is 4.01. The summed E-state index contributed by atoms with van der Waals surface area (Å²) in [6, 6.07) is 0.883. The van der Waals surface area contributed by atoms with Crippen LogP contribution in [0.15, 0.2) is 30.2 Å². The first-order valence-corrected chi connectivity index (χ1v) is 7.44. The number of alkyl halides is 6. The van der Waals surface area contributed by atoms with Gasteiger partial charge in [0.05, 0.1) is 16.1 Å². The van der Waals surface area contributed by atoms with Crippen LogP contribution in [-0.2, 0) is 12.4 Å². The van der Waals surface area contributed by atoms with Gasteiger partial charge in [0.25, 0.3) is 6.20 Å². The van der Waals surface area contributed by atoms with Crippen LogP contribution in [0.3, 0.4) is 0 Å². The molecular weight excluding hydrogens is 368 g/mol. The second-order valence-electron chi connectivity index (χ2n) is 5.86. The molecule has 0 saturated carbocycles. The molecule has 1 aromatic rings. The van der Waals surface area contributed by atoms with Gasteiger partial charge in [-0.2, -0.15) is 26.3 Å². The number of benzene rings is 1. The lowest BCUT2D eigenvalue weighted by Gasteiger charge is -2.17. The van der Waals surface area contributed by atoms with Crippen LogP contribution >= 0.6 is 0 Å². The molecule has 0 aromatic heterocycles. The van der Waals surface area contributed by atoms with Gasteiger partial charge in [-0.15, -0.1) is 0 Å². The van der Waals surface area contributed by atoms with Crippen molar-refractivity contribution in [2.24, 2.45) is 5.92 Å². The van der Waals surface area contributed by atoms with Crippen molar-refractivity contribution in [1.82, 2.24) is 5.32 Å². The second-order valence-corrected chi connectivity index (χ2v) is 5.86. The van der Waals surface area contributed by atoms with E-state index in [0.29, 0.717) is 24.8 Å². The fourth-order valence-electron chi connectivity index (χ4n) is 1.91. The smallest absolute Gasteiger partial charge is 0.366 e. The summed E-state index contributed by atoms with van der Waals surface area (Å²) >= 11 is 0. The molecule has 0 fully saturated rings. The minimum atomic E-state index is -5.00. The highest BCUT2D eigenvalue weighted by Gasteiger charge is 2.37. The fraction of sp³-hybridized carbons (Fsp3) is 0.467. The number of hydrogen-bond acceptors (Lipinski definition) is 4. The molecule has 0 aliphatic rings. The van der Waals surface area contributed by atoms with Crippen LogP contribution in [0.4, 0.5) is 32.0 Å². The highest BCUT2D eigenvalue weighted by molar-refractivity contribution is 5.53. The molecule has 146 valence electrons. The van der Waals surface area contributed by atoms with Crippen LogP contribution in [0.25, 0.3) is 0 Å². The van der Waals surface area contributed by atoms with E-state index >= 15 is 0 Å². The predicted octanol–water partition coefficient (Wildman–Crippen LogP) is 4.85. The summed E-state index contributed by atoms with van der Waals surface area (Å²) in [5.74, 6) is -0.0761. The number of nitrogens with one attached hydrogen (secondary N) is 2. The Bertz CT molecular complexity index is 636. The number of nitro groups is 1. The molecule has 0 amide bonds. The lowest BCUT2D eigenvalue weighted by molar-refractivity contribution is -0.403. The van der Waals surface area contributed by atoms with Crippen molar-refractivity contribution >= 4 is 5.69 Å². The number of halogens is 6. The maximum absolute atomic E-state index is 12.8. The van der Waals surface area contributed by atoms with Crippen molar-refractivity contribution in [3.63, 3.8) is 0 Å². The Labute approximate surface area is 145 Å². The van der Waals surface area contributed by atoms with Gasteiger partial charge in [-0.25, -0.2) is 0 Å². The van der Waals surface area contributed by atoms with E-state index in [4.69, 9.17) is 0 Å². The van der Waals surface area contributed by atoms with Crippen molar-refractivity contribution in [3.05, 3.63) is 51.5 Å². The van der Waals surface area contributed by atoms with Crippen molar-refractivity contribution in [2.45, 2.75) is 32.6 Å². The Morgan fingerprint density at radius 3 is 2.00 bits per heavy atom. The van der Waals surface area contributed by atoms with Gasteiger partial charge in [0.15, 0.2) is 5.82 Å². The van der Waals surface area contributed by atoms with E-state index in [1.807, 2.05) is 13.8 Å². The zero-order valence-electron chi connectivity index (χ0n) is 13.8. The first-order chi connectivity index (χ1) is 11.8. The third-order valence-corrected chi connectivity index (χ3v) is 3.14. The molecule has 5 nitrogen and oxygen atoms in total. The molecule has 0 aliphatic heterocycles. The molecule has 2 N–H and O–H groups in total. The molecule has 11 heteroatoms. The van der Waals surface area contributed by atoms with Crippen molar-refractivity contribution < 1.29 is 31.3 Å². The van der Waals surface area contributed by atoms with Gasteiger partial charge in [-0.05, 0) is 30.5 Å². The van der Waals surface area contributed by atoms with Crippen LogP contribution in [0.2, 0.25) is 0 Å². The van der Waals surface area contributed by atoms with E-state index < -0.39 is 34.1 Å². The van der Waals surface area contributed by atoms with E-state index in [1.54, 1.807) is 0 Å². The maximum atomic E-state index is 12.8. The quantitative estimate of drug-likeness (QED) is 0.400. The Balaban J connectivity index is 3.19. The first-order valence-electron chi connectivity index (χ1n) is 7.44.